The lowest BCUT2D eigenvalue weighted by Crippen LogP contribution is -2.11. The monoisotopic (exact) mass is 471 g/mol. The van der Waals surface area contributed by atoms with E-state index in [0.29, 0.717) is 5.75 Å². The van der Waals surface area contributed by atoms with E-state index in [2.05, 4.69) is 31.4 Å². The summed E-state index contributed by atoms with van der Waals surface area (Å²) >= 11 is 5.13. The van der Waals surface area contributed by atoms with E-state index in [9.17, 15) is 0 Å². The molecule has 3 aromatic rings. The number of halogens is 1. The molecule has 0 saturated heterocycles. The third kappa shape index (κ3) is 4.97. The molecule has 0 spiro atoms. The molecule has 0 bridgehead atoms. The van der Waals surface area contributed by atoms with E-state index in [1.807, 2.05) is 47.8 Å². The highest BCUT2D eigenvalue weighted by Crippen LogP contribution is 2.35. The number of nitrogens with zero attached hydrogens (tertiary/aromatic N) is 2. The smallest absolute Gasteiger partial charge is 0.203 e. The molecule has 0 unspecified atom stereocenters. The van der Waals surface area contributed by atoms with Gasteiger partial charge in [-0.25, -0.2) is 4.98 Å². The Morgan fingerprint density at radius 1 is 1.17 bits per heavy atom. The fourth-order valence-corrected chi connectivity index (χ4v) is 4.40. The Balaban J connectivity index is 1.44. The number of benzene rings is 2. The van der Waals surface area contributed by atoms with Crippen LogP contribution in [0.1, 0.15) is 31.2 Å². The summed E-state index contributed by atoms with van der Waals surface area (Å²) in [7, 11) is 1.66. The number of aromatic nitrogens is 1. The molecule has 0 amide bonds. The van der Waals surface area contributed by atoms with Crippen molar-refractivity contribution in [3.05, 3.63) is 57.9 Å². The molecule has 0 radical (unpaired) electrons. The van der Waals surface area contributed by atoms with Crippen LogP contribution in [0, 0.1) is 0 Å². The first kappa shape index (κ1) is 19.9. The molecule has 1 fully saturated rings. The van der Waals surface area contributed by atoms with Gasteiger partial charge in [0.1, 0.15) is 0 Å². The number of nitrogens with one attached hydrogen (secondary N) is 1. The Labute approximate surface area is 182 Å². The molecule has 150 valence electrons. The van der Waals surface area contributed by atoms with Crippen molar-refractivity contribution in [1.82, 2.24) is 4.98 Å². The van der Waals surface area contributed by atoms with E-state index in [-0.39, 0.29) is 6.10 Å². The van der Waals surface area contributed by atoms with Gasteiger partial charge in [0, 0.05) is 21.0 Å². The van der Waals surface area contributed by atoms with E-state index in [4.69, 9.17) is 9.47 Å². The molecule has 1 N–H and O–H groups in total. The van der Waals surface area contributed by atoms with Crippen LogP contribution in [-0.2, 0) is 0 Å². The minimum absolute atomic E-state index is 0.278. The first-order valence-electron chi connectivity index (χ1n) is 9.57. The Kier molecular flexibility index (Phi) is 6.46. The zero-order valence-corrected chi connectivity index (χ0v) is 18.5. The maximum absolute atomic E-state index is 6.13. The van der Waals surface area contributed by atoms with Gasteiger partial charge < -0.3 is 9.47 Å². The van der Waals surface area contributed by atoms with Crippen molar-refractivity contribution in [1.29, 1.82) is 0 Å². The van der Waals surface area contributed by atoms with Gasteiger partial charge in [0.25, 0.3) is 0 Å². The summed E-state index contributed by atoms with van der Waals surface area (Å²) in [6.07, 6.45) is 6.69. The second-order valence-corrected chi connectivity index (χ2v) is 8.54. The number of hydrogen-bond donors (Lipinski definition) is 1. The summed E-state index contributed by atoms with van der Waals surface area (Å²) in [6, 6.07) is 14.0. The van der Waals surface area contributed by atoms with Crippen molar-refractivity contribution in [2.24, 2.45) is 5.10 Å². The van der Waals surface area contributed by atoms with Crippen molar-refractivity contribution in [2.45, 2.75) is 31.8 Å². The fourth-order valence-electron chi connectivity index (χ4n) is 3.31. The van der Waals surface area contributed by atoms with Crippen molar-refractivity contribution in [3.63, 3.8) is 0 Å². The molecule has 29 heavy (non-hydrogen) atoms. The van der Waals surface area contributed by atoms with Crippen molar-refractivity contribution in [3.8, 4) is 22.8 Å². The summed E-state index contributed by atoms with van der Waals surface area (Å²) in [5.74, 6) is 1.48. The Morgan fingerprint density at radius 3 is 2.72 bits per heavy atom. The van der Waals surface area contributed by atoms with Crippen LogP contribution in [0.4, 0.5) is 5.13 Å². The first-order chi connectivity index (χ1) is 14.2. The lowest BCUT2D eigenvalue weighted by atomic mass is 10.2. The van der Waals surface area contributed by atoms with E-state index in [0.717, 1.165) is 45.0 Å². The minimum atomic E-state index is 0.278. The molecule has 1 heterocycles. The van der Waals surface area contributed by atoms with Crippen LogP contribution < -0.4 is 14.9 Å². The predicted octanol–water partition coefficient (Wildman–Crippen LogP) is 6.35. The van der Waals surface area contributed by atoms with Gasteiger partial charge in [0.05, 0.1) is 25.1 Å². The second-order valence-electron chi connectivity index (χ2n) is 6.82. The predicted molar refractivity (Wildman–Crippen MR) is 122 cm³/mol. The third-order valence-corrected chi connectivity index (χ3v) is 6.25. The number of hydrogen-bond acceptors (Lipinski definition) is 6. The summed E-state index contributed by atoms with van der Waals surface area (Å²) in [5, 5.41) is 7.09. The summed E-state index contributed by atoms with van der Waals surface area (Å²) in [5.41, 5.74) is 5.93. The number of rotatable bonds is 7. The maximum atomic E-state index is 6.13. The Morgan fingerprint density at radius 2 is 1.97 bits per heavy atom. The number of hydrazone groups is 1. The summed E-state index contributed by atoms with van der Waals surface area (Å²) in [6.45, 7) is 0. The fraction of sp³-hybridized carbons (Fsp3) is 0.273. The lowest BCUT2D eigenvalue weighted by Gasteiger charge is -2.17. The van der Waals surface area contributed by atoms with Crippen molar-refractivity contribution in [2.75, 3.05) is 12.5 Å². The standard InChI is InChI=1S/C22H22BrN3O2S/c1-27-20-11-16(18(23)12-21(20)28-17-9-5-6-10-17)13-24-26-22-25-19(14-29-22)15-7-3-2-4-8-15/h2-4,7-8,11-14,17H,5-6,9-10H2,1H3,(H,25,26). The average Bonchev–Trinajstić information content (AvgIpc) is 3.42. The number of thiazole rings is 1. The molecule has 1 aromatic heterocycles. The zero-order chi connectivity index (χ0) is 20.1. The Bertz CT molecular complexity index is 985. The van der Waals surface area contributed by atoms with E-state index >= 15 is 0 Å². The van der Waals surface area contributed by atoms with Crippen LogP contribution in [0.15, 0.2) is 57.4 Å². The third-order valence-electron chi connectivity index (χ3n) is 4.82. The van der Waals surface area contributed by atoms with Crippen LogP contribution in [0.5, 0.6) is 11.5 Å². The molecule has 1 saturated carbocycles. The Hall–Kier alpha value is -2.38. The van der Waals surface area contributed by atoms with Crippen molar-refractivity contribution >= 4 is 38.6 Å². The van der Waals surface area contributed by atoms with Crippen molar-refractivity contribution < 1.29 is 9.47 Å². The van der Waals surface area contributed by atoms with Gasteiger partial charge in [-0.3, -0.25) is 5.43 Å². The second kappa shape index (κ2) is 9.41. The number of anilines is 1. The molecule has 2 aromatic carbocycles. The maximum Gasteiger partial charge on any atom is 0.203 e. The number of ether oxygens (including phenoxy) is 2. The largest absolute Gasteiger partial charge is 0.493 e. The van der Waals surface area contributed by atoms with Crippen LogP contribution in [0.25, 0.3) is 11.3 Å². The van der Waals surface area contributed by atoms with Gasteiger partial charge in [-0.05, 0) is 53.7 Å². The topological polar surface area (TPSA) is 55.7 Å². The lowest BCUT2D eigenvalue weighted by molar-refractivity contribution is 0.200. The van der Waals surface area contributed by atoms with Crippen LogP contribution in [0.3, 0.4) is 0 Å². The molecule has 1 aliphatic rings. The summed E-state index contributed by atoms with van der Waals surface area (Å²) in [4.78, 5) is 4.58. The van der Waals surface area contributed by atoms with E-state index in [1.54, 1.807) is 13.3 Å². The molecule has 7 heteroatoms. The van der Waals surface area contributed by atoms with E-state index in [1.165, 1.54) is 24.2 Å². The van der Waals surface area contributed by atoms with Crippen LogP contribution in [-0.4, -0.2) is 24.4 Å². The molecule has 0 aliphatic heterocycles. The summed E-state index contributed by atoms with van der Waals surface area (Å²) < 4.78 is 12.6. The van der Waals surface area contributed by atoms with E-state index < -0.39 is 0 Å². The zero-order valence-electron chi connectivity index (χ0n) is 16.1. The molecular formula is C22H22BrN3O2S. The highest BCUT2D eigenvalue weighted by atomic mass is 79.9. The van der Waals surface area contributed by atoms with Crippen LogP contribution in [0.2, 0.25) is 0 Å². The molecule has 1 aliphatic carbocycles. The quantitative estimate of drug-likeness (QED) is 0.322. The minimum Gasteiger partial charge on any atom is -0.493 e. The van der Waals surface area contributed by atoms with Crippen LogP contribution >= 0.6 is 27.3 Å². The molecule has 4 rings (SSSR count). The highest BCUT2D eigenvalue weighted by Gasteiger charge is 2.19. The van der Waals surface area contributed by atoms with Gasteiger partial charge in [-0.1, -0.05) is 30.3 Å². The molecule has 5 nitrogen and oxygen atoms in total. The average molecular weight is 472 g/mol. The first-order valence-corrected chi connectivity index (χ1v) is 11.2. The SMILES string of the molecule is COc1cc(C=NNc2nc(-c3ccccc3)cs2)c(Br)cc1OC1CCCC1. The van der Waals surface area contributed by atoms with Gasteiger partial charge in [-0.2, -0.15) is 5.10 Å². The highest BCUT2D eigenvalue weighted by molar-refractivity contribution is 9.10. The molecule has 0 atom stereocenters. The van der Waals surface area contributed by atoms with Gasteiger partial charge in [0.2, 0.25) is 5.13 Å². The van der Waals surface area contributed by atoms with Gasteiger partial charge in [-0.15, -0.1) is 11.3 Å². The normalized spacial score (nSPS) is 14.4. The van der Waals surface area contributed by atoms with Gasteiger partial charge >= 0.3 is 0 Å². The number of methoxy groups -OCH3 is 1. The van der Waals surface area contributed by atoms with Gasteiger partial charge in [0.15, 0.2) is 11.5 Å². The molecular weight excluding hydrogens is 450 g/mol.